The number of carbonyl (C=O) groups excluding carboxylic acids is 5. The minimum absolute atomic E-state index is 0.0895. The zero-order valence-electron chi connectivity index (χ0n) is 22.3. The number of phenols is 1. The lowest BCUT2D eigenvalue weighted by molar-refractivity contribution is -0.123. The number of hydrogen-bond acceptors (Lipinski definition) is 7. The second-order valence-electron chi connectivity index (χ2n) is 10.7. The van der Waals surface area contributed by atoms with Crippen LogP contribution in [0, 0.1) is 17.8 Å². The molecule has 8 nitrogen and oxygen atoms in total. The van der Waals surface area contributed by atoms with Crippen LogP contribution in [-0.4, -0.2) is 41.4 Å². The quantitative estimate of drug-likeness (QED) is 0.268. The lowest BCUT2D eigenvalue weighted by Gasteiger charge is -2.42. The molecule has 202 valence electrons. The van der Waals surface area contributed by atoms with Crippen LogP contribution in [0.15, 0.2) is 76.9 Å². The molecule has 6 rings (SSSR count). The molecule has 0 spiro atoms. The Kier molecular flexibility index (Phi) is 5.94. The molecule has 0 saturated carbocycles. The van der Waals surface area contributed by atoms with E-state index in [0.717, 1.165) is 5.57 Å². The van der Waals surface area contributed by atoms with Gasteiger partial charge in [-0.25, -0.2) is 0 Å². The van der Waals surface area contributed by atoms with Gasteiger partial charge in [0.2, 0.25) is 11.8 Å². The molecule has 2 aromatic carbocycles. The predicted octanol–water partition coefficient (Wildman–Crippen LogP) is 4.24. The average molecular weight is 538 g/mol. The van der Waals surface area contributed by atoms with Crippen molar-refractivity contribution < 1.29 is 33.8 Å². The number of phenolic OH excluding ortho intramolecular Hbond substituents is 1. The average Bonchev–Trinajstić information content (AvgIpc) is 3.20. The smallest absolute Gasteiger partial charge is 0.238 e. The molecule has 1 saturated heterocycles. The third-order valence-electron chi connectivity index (χ3n) is 8.65. The van der Waals surface area contributed by atoms with Crippen LogP contribution >= 0.6 is 0 Å². The molecular formula is C32H27NO7. The molecule has 1 N–H and O–H groups in total. The Bertz CT molecular complexity index is 1620. The molecule has 0 bridgehead atoms. The summed E-state index contributed by atoms with van der Waals surface area (Å²) in [7, 11) is 1.46. The number of benzene rings is 2. The highest BCUT2D eigenvalue weighted by Crippen LogP contribution is 2.57. The number of hydrogen-bond donors (Lipinski definition) is 1. The summed E-state index contributed by atoms with van der Waals surface area (Å²) in [4.78, 5) is 67.3. The van der Waals surface area contributed by atoms with Gasteiger partial charge in [-0.2, -0.15) is 0 Å². The van der Waals surface area contributed by atoms with E-state index in [2.05, 4.69) is 0 Å². The SMILES string of the molecule is COc1cccc(O)c1C1C2=CCC3C(=O)N(c4ccc(C(C)=O)cc4)C(=O)C3C2CC2=C1C(=O)C(C)=CC2=O. The summed E-state index contributed by atoms with van der Waals surface area (Å²) < 4.78 is 5.58. The van der Waals surface area contributed by atoms with Gasteiger partial charge in [-0.1, -0.05) is 17.7 Å². The zero-order valence-corrected chi connectivity index (χ0v) is 22.3. The number of anilines is 1. The third-order valence-corrected chi connectivity index (χ3v) is 8.65. The number of methoxy groups -OCH3 is 1. The lowest BCUT2D eigenvalue weighted by atomic mass is 9.59. The van der Waals surface area contributed by atoms with Crippen LogP contribution in [0.4, 0.5) is 5.69 Å². The van der Waals surface area contributed by atoms with Crippen molar-refractivity contribution in [2.24, 2.45) is 17.8 Å². The number of amides is 2. The van der Waals surface area contributed by atoms with Crippen LogP contribution in [0.5, 0.6) is 11.5 Å². The molecule has 8 heteroatoms. The first-order chi connectivity index (χ1) is 19.1. The van der Waals surface area contributed by atoms with E-state index in [0.29, 0.717) is 39.3 Å². The van der Waals surface area contributed by atoms with Gasteiger partial charge in [-0.05, 0) is 75.1 Å². The van der Waals surface area contributed by atoms with Crippen molar-refractivity contribution >= 4 is 34.9 Å². The van der Waals surface area contributed by atoms with Crippen molar-refractivity contribution in [1.29, 1.82) is 0 Å². The second kappa shape index (κ2) is 9.26. The van der Waals surface area contributed by atoms with E-state index in [-0.39, 0.29) is 47.8 Å². The second-order valence-corrected chi connectivity index (χ2v) is 10.7. The van der Waals surface area contributed by atoms with Crippen molar-refractivity contribution in [3.05, 3.63) is 88.0 Å². The van der Waals surface area contributed by atoms with Gasteiger partial charge in [-0.15, -0.1) is 0 Å². The van der Waals surface area contributed by atoms with Crippen LogP contribution in [0.1, 0.15) is 48.5 Å². The molecule has 1 aliphatic heterocycles. The van der Waals surface area contributed by atoms with Crippen LogP contribution < -0.4 is 9.64 Å². The summed E-state index contributed by atoms with van der Waals surface area (Å²) in [6.45, 7) is 3.04. The van der Waals surface area contributed by atoms with E-state index in [4.69, 9.17) is 4.74 Å². The van der Waals surface area contributed by atoms with E-state index < -0.39 is 23.7 Å². The maximum absolute atomic E-state index is 14.0. The molecule has 4 atom stereocenters. The zero-order chi connectivity index (χ0) is 28.5. The highest BCUT2D eigenvalue weighted by atomic mass is 16.5. The van der Waals surface area contributed by atoms with Gasteiger partial charge in [0, 0.05) is 33.8 Å². The Morgan fingerprint density at radius 2 is 1.73 bits per heavy atom. The first-order valence-corrected chi connectivity index (χ1v) is 13.2. The Labute approximate surface area is 230 Å². The first-order valence-electron chi connectivity index (χ1n) is 13.2. The van der Waals surface area contributed by atoms with Crippen molar-refractivity contribution in [2.75, 3.05) is 12.0 Å². The maximum Gasteiger partial charge on any atom is 0.238 e. The number of nitrogens with zero attached hydrogens (tertiary/aromatic N) is 1. The molecule has 40 heavy (non-hydrogen) atoms. The molecule has 1 heterocycles. The Hall–Kier alpha value is -4.59. The number of aromatic hydroxyl groups is 1. The number of ether oxygens (including phenoxy) is 1. The number of fused-ring (bicyclic) bond motifs is 3. The molecule has 1 fully saturated rings. The largest absolute Gasteiger partial charge is 0.507 e. The summed E-state index contributed by atoms with van der Waals surface area (Å²) in [6, 6.07) is 11.2. The van der Waals surface area contributed by atoms with Crippen molar-refractivity contribution in [3.63, 3.8) is 0 Å². The number of rotatable bonds is 4. The molecule has 2 aromatic rings. The predicted molar refractivity (Wildman–Crippen MR) is 145 cm³/mol. The van der Waals surface area contributed by atoms with Crippen LogP contribution in [0.25, 0.3) is 0 Å². The fraction of sp³-hybridized carbons (Fsp3) is 0.281. The lowest BCUT2D eigenvalue weighted by Crippen LogP contribution is -2.40. The summed E-state index contributed by atoms with van der Waals surface area (Å²) in [5.74, 6) is -3.88. The number of imide groups is 1. The molecule has 3 aliphatic carbocycles. The van der Waals surface area contributed by atoms with Gasteiger partial charge >= 0.3 is 0 Å². The normalized spacial score (nSPS) is 25.7. The summed E-state index contributed by atoms with van der Waals surface area (Å²) in [6.07, 6.45) is 3.62. The van der Waals surface area contributed by atoms with Crippen molar-refractivity contribution in [2.45, 2.75) is 32.6 Å². The van der Waals surface area contributed by atoms with Gasteiger partial charge in [0.15, 0.2) is 17.3 Å². The topological polar surface area (TPSA) is 118 Å². The van der Waals surface area contributed by atoms with E-state index in [1.807, 2.05) is 6.08 Å². The fourth-order valence-electron chi connectivity index (χ4n) is 6.79. The summed E-state index contributed by atoms with van der Waals surface area (Å²) in [5.41, 5.74) is 2.84. The summed E-state index contributed by atoms with van der Waals surface area (Å²) >= 11 is 0. The van der Waals surface area contributed by atoms with Crippen LogP contribution in [0.3, 0.4) is 0 Å². The fourth-order valence-corrected chi connectivity index (χ4v) is 6.79. The molecular weight excluding hydrogens is 510 g/mol. The van der Waals surface area contributed by atoms with Crippen molar-refractivity contribution in [3.8, 4) is 11.5 Å². The highest BCUT2D eigenvalue weighted by Gasteiger charge is 2.57. The van der Waals surface area contributed by atoms with Gasteiger partial charge in [0.25, 0.3) is 0 Å². The number of Topliss-reactive ketones (excluding diaryl/α,β-unsaturated/α-hetero) is 2. The number of carbonyl (C=O) groups is 5. The molecule has 4 unspecified atom stereocenters. The molecule has 2 amide bonds. The van der Waals surface area contributed by atoms with Gasteiger partial charge in [0.1, 0.15) is 11.5 Å². The minimum Gasteiger partial charge on any atom is -0.507 e. The molecule has 0 radical (unpaired) electrons. The highest BCUT2D eigenvalue weighted by molar-refractivity contribution is 6.25. The Morgan fingerprint density at radius 1 is 1.00 bits per heavy atom. The van der Waals surface area contributed by atoms with Gasteiger partial charge in [0.05, 0.1) is 24.6 Å². The van der Waals surface area contributed by atoms with E-state index in [1.165, 1.54) is 31.1 Å². The standard InChI is InChI=1S/C32H27NO7/c1-15-13-24(36)22-14-21-19(27(28(22)30(15)37)29-23(35)5-4-6-25(29)40-3)11-12-20-26(21)32(39)33(31(20)38)18-9-7-17(8-10-18)16(2)34/h4-11,13,20-21,26-27,35H,12,14H2,1-3H3. The third kappa shape index (κ3) is 3.62. The Balaban J connectivity index is 1.49. The number of ketones is 3. The van der Waals surface area contributed by atoms with Crippen LogP contribution in [0.2, 0.25) is 0 Å². The van der Waals surface area contributed by atoms with Crippen molar-refractivity contribution in [1.82, 2.24) is 0 Å². The Morgan fingerprint density at radius 3 is 2.40 bits per heavy atom. The summed E-state index contributed by atoms with van der Waals surface area (Å²) in [5, 5.41) is 11.0. The van der Waals surface area contributed by atoms with Gasteiger partial charge in [-0.3, -0.25) is 28.9 Å². The minimum atomic E-state index is -0.808. The molecule has 0 aromatic heterocycles. The van der Waals surface area contributed by atoms with E-state index in [1.54, 1.807) is 43.3 Å². The van der Waals surface area contributed by atoms with E-state index in [9.17, 15) is 29.1 Å². The van der Waals surface area contributed by atoms with Gasteiger partial charge < -0.3 is 9.84 Å². The monoisotopic (exact) mass is 537 g/mol. The molecule has 4 aliphatic rings. The maximum atomic E-state index is 14.0. The number of allylic oxidation sites excluding steroid dienone is 6. The van der Waals surface area contributed by atoms with Crippen LogP contribution in [-0.2, 0) is 19.2 Å². The first kappa shape index (κ1) is 25.7. The van der Waals surface area contributed by atoms with E-state index >= 15 is 0 Å².